The van der Waals surface area contributed by atoms with Gasteiger partial charge in [-0.2, -0.15) is 0 Å². The topological polar surface area (TPSA) is 87.2 Å². The molecule has 1 rings (SSSR count). The van der Waals surface area contributed by atoms with Crippen molar-refractivity contribution in [3.05, 3.63) is 0 Å². The summed E-state index contributed by atoms with van der Waals surface area (Å²) < 4.78 is 10.4. The second-order valence-corrected chi connectivity index (χ2v) is 6.79. The number of carbonyl (C=O) groups is 1. The smallest absolute Gasteiger partial charge is 0.407 e. The van der Waals surface area contributed by atoms with Crippen molar-refractivity contribution < 1.29 is 14.3 Å². The summed E-state index contributed by atoms with van der Waals surface area (Å²) in [5, 5.41) is 9.54. The van der Waals surface area contributed by atoms with Crippen molar-refractivity contribution in [2.24, 2.45) is 10.9 Å². The molecule has 1 unspecified atom stereocenters. The van der Waals surface area contributed by atoms with E-state index in [2.05, 4.69) is 39.7 Å². The molecule has 0 aromatic heterocycles. The molecule has 0 bridgehead atoms. The Morgan fingerprint density at radius 2 is 1.96 bits per heavy atom. The van der Waals surface area contributed by atoms with Crippen molar-refractivity contribution in [1.29, 1.82) is 0 Å². The summed E-state index contributed by atoms with van der Waals surface area (Å²) in [4.78, 5) is 18.7. The van der Waals surface area contributed by atoms with E-state index < -0.39 is 0 Å². The van der Waals surface area contributed by atoms with Crippen LogP contribution in [0, 0.1) is 5.92 Å². The minimum absolute atomic E-state index is 0.0382. The molecule has 1 heterocycles. The Bertz CT molecular complexity index is 412. The average molecular weight is 372 g/mol. The fourth-order valence-corrected chi connectivity index (χ4v) is 2.79. The van der Waals surface area contributed by atoms with E-state index in [1.807, 2.05) is 6.92 Å². The van der Waals surface area contributed by atoms with Gasteiger partial charge in [0, 0.05) is 32.7 Å². The summed E-state index contributed by atoms with van der Waals surface area (Å²) in [7, 11) is 0. The molecule has 0 aliphatic carbocycles. The maximum atomic E-state index is 11.7. The number of aliphatic imine (C=N–C) groups is 1. The van der Waals surface area contributed by atoms with Crippen LogP contribution < -0.4 is 16.0 Å². The Kier molecular flexibility index (Phi) is 11.8. The summed E-state index contributed by atoms with van der Waals surface area (Å²) in [6.45, 7) is 15.2. The number of nitrogens with zero attached hydrogens (tertiary/aromatic N) is 2. The SMILES string of the molecule is CCNC(=NCC(CC(C)C)NC(=O)OCC)NCCN1CCOCC1. The zero-order valence-corrected chi connectivity index (χ0v) is 16.8. The molecular weight excluding hydrogens is 334 g/mol. The van der Waals surface area contributed by atoms with Crippen LogP contribution in [-0.4, -0.2) is 82.1 Å². The maximum absolute atomic E-state index is 11.7. The number of carbonyl (C=O) groups excluding carboxylic acids is 1. The minimum Gasteiger partial charge on any atom is -0.450 e. The van der Waals surface area contributed by atoms with Crippen LogP contribution in [0.15, 0.2) is 4.99 Å². The Hall–Kier alpha value is -1.54. The number of morpholine rings is 1. The standard InChI is InChI=1S/C18H37N5O3/c1-5-19-17(20-7-8-23-9-11-25-12-10-23)21-14-16(13-15(3)4)22-18(24)26-6-2/h15-16H,5-14H2,1-4H3,(H,22,24)(H2,19,20,21). The average Bonchev–Trinajstić information content (AvgIpc) is 2.60. The first-order valence-corrected chi connectivity index (χ1v) is 9.80. The summed E-state index contributed by atoms with van der Waals surface area (Å²) in [6.07, 6.45) is 0.480. The van der Waals surface area contributed by atoms with Crippen LogP contribution in [0.4, 0.5) is 4.79 Å². The third-order valence-corrected chi connectivity index (χ3v) is 3.99. The quantitative estimate of drug-likeness (QED) is 0.393. The summed E-state index contributed by atoms with van der Waals surface area (Å²) in [5.41, 5.74) is 0. The van der Waals surface area contributed by atoms with E-state index in [0.717, 1.165) is 58.3 Å². The van der Waals surface area contributed by atoms with Crippen LogP contribution in [0.25, 0.3) is 0 Å². The van der Waals surface area contributed by atoms with Gasteiger partial charge in [-0.05, 0) is 26.2 Å². The Balaban J connectivity index is 2.48. The molecule has 0 saturated carbocycles. The predicted molar refractivity (Wildman–Crippen MR) is 105 cm³/mol. The fraction of sp³-hybridized carbons (Fsp3) is 0.889. The van der Waals surface area contributed by atoms with E-state index in [1.165, 1.54) is 0 Å². The Morgan fingerprint density at radius 1 is 1.23 bits per heavy atom. The number of nitrogens with one attached hydrogen (secondary N) is 3. The molecule has 0 spiro atoms. The zero-order chi connectivity index (χ0) is 19.2. The van der Waals surface area contributed by atoms with Gasteiger partial charge in [0.25, 0.3) is 0 Å². The first kappa shape index (κ1) is 22.5. The van der Waals surface area contributed by atoms with Crippen molar-refractivity contribution in [2.75, 3.05) is 59.1 Å². The number of hydrogen-bond acceptors (Lipinski definition) is 5. The van der Waals surface area contributed by atoms with Gasteiger partial charge in [0.05, 0.1) is 32.4 Å². The first-order valence-electron chi connectivity index (χ1n) is 9.80. The number of amides is 1. The van der Waals surface area contributed by atoms with Crippen molar-refractivity contribution in [3.8, 4) is 0 Å². The van der Waals surface area contributed by atoms with Crippen LogP contribution in [0.1, 0.15) is 34.1 Å². The molecule has 8 nitrogen and oxygen atoms in total. The lowest BCUT2D eigenvalue weighted by molar-refractivity contribution is 0.0389. The number of hydrogen-bond donors (Lipinski definition) is 3. The maximum Gasteiger partial charge on any atom is 0.407 e. The van der Waals surface area contributed by atoms with Gasteiger partial charge in [0.15, 0.2) is 5.96 Å². The number of ether oxygens (including phenoxy) is 2. The summed E-state index contributed by atoms with van der Waals surface area (Å²) >= 11 is 0. The second-order valence-electron chi connectivity index (χ2n) is 6.79. The Morgan fingerprint density at radius 3 is 2.58 bits per heavy atom. The number of guanidine groups is 1. The molecule has 1 atom stereocenters. The molecule has 1 aliphatic rings. The van der Waals surface area contributed by atoms with E-state index in [4.69, 9.17) is 9.47 Å². The summed E-state index contributed by atoms with van der Waals surface area (Å²) in [5.74, 6) is 1.24. The third kappa shape index (κ3) is 10.5. The molecule has 0 aromatic carbocycles. The van der Waals surface area contributed by atoms with E-state index in [0.29, 0.717) is 19.1 Å². The highest BCUT2D eigenvalue weighted by atomic mass is 16.5. The van der Waals surface area contributed by atoms with Crippen LogP contribution >= 0.6 is 0 Å². The van der Waals surface area contributed by atoms with Crippen LogP contribution in [0.2, 0.25) is 0 Å². The van der Waals surface area contributed by atoms with E-state index in [9.17, 15) is 4.79 Å². The van der Waals surface area contributed by atoms with Crippen molar-refractivity contribution in [1.82, 2.24) is 20.9 Å². The molecule has 152 valence electrons. The van der Waals surface area contributed by atoms with Crippen molar-refractivity contribution >= 4 is 12.1 Å². The van der Waals surface area contributed by atoms with Crippen LogP contribution in [-0.2, 0) is 9.47 Å². The molecule has 0 aromatic rings. The molecule has 1 fully saturated rings. The third-order valence-electron chi connectivity index (χ3n) is 3.99. The predicted octanol–water partition coefficient (Wildman–Crippen LogP) is 1.03. The number of alkyl carbamates (subject to hydrolysis) is 1. The largest absolute Gasteiger partial charge is 0.450 e. The molecule has 1 amide bonds. The monoisotopic (exact) mass is 371 g/mol. The Labute approximate surface area is 158 Å². The molecule has 0 radical (unpaired) electrons. The van der Waals surface area contributed by atoms with Crippen molar-refractivity contribution in [2.45, 2.75) is 40.2 Å². The zero-order valence-electron chi connectivity index (χ0n) is 16.8. The first-order chi connectivity index (χ1) is 12.5. The minimum atomic E-state index is -0.376. The lowest BCUT2D eigenvalue weighted by Gasteiger charge is -2.26. The highest BCUT2D eigenvalue weighted by Gasteiger charge is 2.15. The number of rotatable bonds is 10. The normalized spacial score (nSPS) is 17.0. The fourth-order valence-electron chi connectivity index (χ4n) is 2.79. The molecule has 3 N–H and O–H groups in total. The molecule has 8 heteroatoms. The molecule has 1 aliphatic heterocycles. The van der Waals surface area contributed by atoms with Crippen LogP contribution in [0.5, 0.6) is 0 Å². The van der Waals surface area contributed by atoms with E-state index in [-0.39, 0.29) is 12.1 Å². The molecule has 26 heavy (non-hydrogen) atoms. The molecule has 1 saturated heterocycles. The highest BCUT2D eigenvalue weighted by Crippen LogP contribution is 2.05. The van der Waals surface area contributed by atoms with Gasteiger partial charge < -0.3 is 25.4 Å². The second kappa shape index (κ2) is 13.6. The highest BCUT2D eigenvalue weighted by molar-refractivity contribution is 5.79. The van der Waals surface area contributed by atoms with Gasteiger partial charge in [-0.1, -0.05) is 13.8 Å². The lowest BCUT2D eigenvalue weighted by atomic mass is 10.0. The van der Waals surface area contributed by atoms with Crippen LogP contribution in [0.3, 0.4) is 0 Å². The van der Waals surface area contributed by atoms with E-state index in [1.54, 1.807) is 6.92 Å². The van der Waals surface area contributed by atoms with E-state index >= 15 is 0 Å². The van der Waals surface area contributed by atoms with Gasteiger partial charge in [-0.15, -0.1) is 0 Å². The van der Waals surface area contributed by atoms with Crippen molar-refractivity contribution in [3.63, 3.8) is 0 Å². The van der Waals surface area contributed by atoms with Gasteiger partial charge in [-0.25, -0.2) is 4.79 Å². The lowest BCUT2D eigenvalue weighted by Crippen LogP contribution is -2.45. The van der Waals surface area contributed by atoms with Gasteiger partial charge >= 0.3 is 6.09 Å². The van der Waals surface area contributed by atoms with Gasteiger partial charge in [0.2, 0.25) is 0 Å². The summed E-state index contributed by atoms with van der Waals surface area (Å²) in [6, 6.07) is -0.0382. The molecular formula is C18H37N5O3. The van der Waals surface area contributed by atoms with Gasteiger partial charge in [-0.3, -0.25) is 9.89 Å². The van der Waals surface area contributed by atoms with Gasteiger partial charge in [0.1, 0.15) is 0 Å².